The Morgan fingerprint density at radius 2 is 2.14 bits per heavy atom. The number of rotatable bonds is 3. The number of ether oxygens (including phenoxy) is 1. The first-order chi connectivity index (χ1) is 17.2. The normalized spacial score (nSPS) is 19.3. The molecule has 0 spiro atoms. The van der Waals surface area contributed by atoms with E-state index in [0.29, 0.717) is 24.1 Å². The molecule has 1 atom stereocenters. The van der Waals surface area contributed by atoms with Crippen LogP contribution in [-0.2, 0) is 34.4 Å². The highest BCUT2D eigenvalue weighted by molar-refractivity contribution is 7.89. The monoisotopic (exact) mass is 535 g/mol. The van der Waals surface area contributed by atoms with Crippen molar-refractivity contribution in [3.8, 4) is 0 Å². The van der Waals surface area contributed by atoms with Gasteiger partial charge in [0.1, 0.15) is 5.82 Å². The predicted molar refractivity (Wildman–Crippen MR) is 128 cm³/mol. The largest absolute Gasteiger partial charge is 0.351 e. The Hall–Kier alpha value is -3.03. The van der Waals surface area contributed by atoms with Gasteiger partial charge in [0.05, 0.1) is 41.4 Å². The van der Waals surface area contributed by atoms with Crippen molar-refractivity contribution in [1.29, 1.82) is 0 Å². The molecule has 5 rings (SSSR count). The van der Waals surface area contributed by atoms with Crippen molar-refractivity contribution in [3.05, 3.63) is 75.8 Å². The summed E-state index contributed by atoms with van der Waals surface area (Å²) in [6.07, 6.45) is 2.13. The van der Waals surface area contributed by atoms with Gasteiger partial charge in [0.25, 0.3) is 5.91 Å². The van der Waals surface area contributed by atoms with Crippen molar-refractivity contribution in [2.24, 2.45) is 0 Å². The summed E-state index contributed by atoms with van der Waals surface area (Å²) in [7, 11) is -3.44. The SMILES string of the molecule is O=C(c1cnn(Cc2ccc3c(c2)CNS3(=O)=O)c1)N1CCCOC(O)Nc2ccc(Cl)c(F)c2C1. The van der Waals surface area contributed by atoms with Crippen LogP contribution in [0.1, 0.15) is 33.5 Å². The van der Waals surface area contributed by atoms with Gasteiger partial charge in [-0.2, -0.15) is 5.10 Å². The average molecular weight is 536 g/mol. The van der Waals surface area contributed by atoms with Crippen LogP contribution >= 0.6 is 11.6 Å². The van der Waals surface area contributed by atoms with Gasteiger partial charge in [-0.15, -0.1) is 0 Å². The van der Waals surface area contributed by atoms with Gasteiger partial charge in [0.2, 0.25) is 16.4 Å². The third kappa shape index (κ3) is 4.95. The van der Waals surface area contributed by atoms with Crippen molar-refractivity contribution in [3.63, 3.8) is 0 Å². The Kier molecular flexibility index (Phi) is 6.70. The fourth-order valence-corrected chi connectivity index (χ4v) is 5.66. The lowest BCUT2D eigenvalue weighted by Crippen LogP contribution is -2.35. The van der Waals surface area contributed by atoms with Crippen LogP contribution in [0, 0.1) is 5.82 Å². The number of carbonyl (C=O) groups excluding carboxylic acids is 1. The fraction of sp³-hybridized carbons (Fsp3) is 0.304. The number of aliphatic hydroxyl groups is 1. The number of carbonyl (C=O) groups is 1. The maximum absolute atomic E-state index is 14.9. The molecule has 1 unspecified atom stereocenters. The molecule has 0 saturated heterocycles. The topological polar surface area (TPSA) is 126 Å². The molecule has 1 amide bonds. The third-order valence-corrected chi connectivity index (χ3v) is 7.84. The van der Waals surface area contributed by atoms with Gasteiger partial charge in [-0.25, -0.2) is 17.5 Å². The van der Waals surface area contributed by atoms with Crippen LogP contribution in [0.3, 0.4) is 0 Å². The molecule has 1 aromatic heterocycles. The molecule has 0 saturated carbocycles. The fourth-order valence-electron chi connectivity index (χ4n) is 4.26. The van der Waals surface area contributed by atoms with Gasteiger partial charge >= 0.3 is 0 Å². The first-order valence-corrected chi connectivity index (χ1v) is 13.0. The van der Waals surface area contributed by atoms with Crippen molar-refractivity contribution < 1.29 is 27.4 Å². The average Bonchev–Trinajstić information content (AvgIpc) is 3.43. The maximum atomic E-state index is 14.9. The molecule has 10 nitrogen and oxygen atoms in total. The lowest BCUT2D eigenvalue weighted by Gasteiger charge is -2.27. The summed E-state index contributed by atoms with van der Waals surface area (Å²) in [4.78, 5) is 15.1. The third-order valence-electron chi connectivity index (χ3n) is 6.05. The molecule has 0 fully saturated rings. The van der Waals surface area contributed by atoms with E-state index in [1.165, 1.54) is 23.2 Å². The number of halogens is 2. The first-order valence-electron chi connectivity index (χ1n) is 11.2. The van der Waals surface area contributed by atoms with Gasteiger partial charge in [0, 0.05) is 30.5 Å². The second-order valence-corrected chi connectivity index (χ2v) is 10.7. The zero-order valence-electron chi connectivity index (χ0n) is 18.9. The number of benzene rings is 2. The molecule has 36 heavy (non-hydrogen) atoms. The molecule has 0 aliphatic carbocycles. The van der Waals surface area contributed by atoms with E-state index in [-0.39, 0.29) is 53.3 Å². The molecule has 3 N–H and O–H groups in total. The summed E-state index contributed by atoms with van der Waals surface area (Å²) >= 11 is 5.97. The Morgan fingerprint density at radius 3 is 2.97 bits per heavy atom. The molecule has 2 aromatic carbocycles. The van der Waals surface area contributed by atoms with Crippen LogP contribution in [-0.4, -0.2) is 53.7 Å². The number of amides is 1. The highest BCUT2D eigenvalue weighted by Crippen LogP contribution is 2.29. The molecule has 3 aromatic rings. The Morgan fingerprint density at radius 1 is 1.31 bits per heavy atom. The minimum absolute atomic E-state index is 0.0717. The quantitative estimate of drug-likeness (QED) is 0.469. The van der Waals surface area contributed by atoms with E-state index in [9.17, 15) is 22.7 Å². The number of sulfonamides is 1. The standard InChI is InChI=1S/C23H23ClFN5O5S/c24-18-3-4-19-17(21(18)25)13-29(6-1-7-35-23(32)28-19)22(31)16-9-26-30(12-16)11-14-2-5-20-15(8-14)10-27-36(20,33)34/h2-5,8-9,12,23,27-28,32H,1,6-7,10-11,13H2. The van der Waals surface area contributed by atoms with Crippen molar-refractivity contribution >= 4 is 33.2 Å². The molecule has 13 heteroatoms. The van der Waals surface area contributed by atoms with Gasteiger partial charge in [-0.1, -0.05) is 23.7 Å². The minimum atomic E-state index is -3.44. The van der Waals surface area contributed by atoms with Crippen LogP contribution < -0.4 is 10.0 Å². The summed E-state index contributed by atoms with van der Waals surface area (Å²) in [6.45, 7) is 0.946. The maximum Gasteiger partial charge on any atom is 0.257 e. The molecule has 0 bridgehead atoms. The molecular formula is C23H23ClFN5O5S. The minimum Gasteiger partial charge on any atom is -0.351 e. The van der Waals surface area contributed by atoms with Gasteiger partial charge in [-0.05, 0) is 35.7 Å². The molecule has 2 aliphatic rings. The van der Waals surface area contributed by atoms with Crippen LogP contribution in [0.15, 0.2) is 47.6 Å². The van der Waals surface area contributed by atoms with Gasteiger partial charge < -0.3 is 20.1 Å². The second kappa shape index (κ2) is 9.79. The molecule has 3 heterocycles. The van der Waals surface area contributed by atoms with Crippen molar-refractivity contribution in [2.75, 3.05) is 18.5 Å². The second-order valence-electron chi connectivity index (χ2n) is 8.53. The van der Waals surface area contributed by atoms with E-state index in [1.54, 1.807) is 29.1 Å². The first kappa shape index (κ1) is 24.7. The van der Waals surface area contributed by atoms with Crippen molar-refractivity contribution in [1.82, 2.24) is 19.4 Å². The van der Waals surface area contributed by atoms with Gasteiger partial charge in [0.15, 0.2) is 0 Å². The number of hydrogen-bond donors (Lipinski definition) is 3. The van der Waals surface area contributed by atoms with Crippen LogP contribution in [0.5, 0.6) is 0 Å². The smallest absolute Gasteiger partial charge is 0.257 e. The number of nitrogens with one attached hydrogen (secondary N) is 2. The van der Waals surface area contributed by atoms with Crippen LogP contribution in [0.4, 0.5) is 10.1 Å². The molecule has 2 aliphatic heterocycles. The number of hydrogen-bond acceptors (Lipinski definition) is 7. The predicted octanol–water partition coefficient (Wildman–Crippen LogP) is 2.27. The highest BCUT2D eigenvalue weighted by Gasteiger charge is 2.26. The Bertz CT molecular complexity index is 1430. The van der Waals surface area contributed by atoms with E-state index in [1.807, 2.05) is 0 Å². The number of aliphatic hydroxyl groups excluding tert-OH is 1. The van der Waals surface area contributed by atoms with Gasteiger partial charge in [-0.3, -0.25) is 9.48 Å². The van der Waals surface area contributed by atoms with E-state index in [4.69, 9.17) is 16.3 Å². The Balaban J connectivity index is 1.36. The number of anilines is 1. The molecule has 190 valence electrons. The number of nitrogens with zero attached hydrogens (tertiary/aromatic N) is 3. The van der Waals surface area contributed by atoms with Crippen LogP contribution in [0.25, 0.3) is 0 Å². The van der Waals surface area contributed by atoms with E-state index in [0.717, 1.165) is 5.56 Å². The van der Waals surface area contributed by atoms with E-state index < -0.39 is 22.3 Å². The van der Waals surface area contributed by atoms with E-state index in [2.05, 4.69) is 15.1 Å². The molecule has 0 radical (unpaired) electrons. The zero-order chi connectivity index (χ0) is 25.4. The Labute approximate surface area is 211 Å². The molecular weight excluding hydrogens is 513 g/mol. The number of fused-ring (bicyclic) bond motifs is 2. The summed E-state index contributed by atoms with van der Waals surface area (Å²) in [6, 6.07) is 7.95. The summed E-state index contributed by atoms with van der Waals surface area (Å²) < 4.78 is 48.1. The zero-order valence-corrected chi connectivity index (χ0v) is 20.5. The summed E-state index contributed by atoms with van der Waals surface area (Å²) in [5, 5.41) is 16.9. The number of aromatic nitrogens is 2. The summed E-state index contributed by atoms with van der Waals surface area (Å²) in [5.74, 6) is -1.03. The lowest BCUT2D eigenvalue weighted by atomic mass is 10.1. The lowest BCUT2D eigenvalue weighted by molar-refractivity contribution is -0.0802. The van der Waals surface area contributed by atoms with Crippen molar-refractivity contribution in [2.45, 2.75) is 37.4 Å². The van der Waals surface area contributed by atoms with E-state index >= 15 is 0 Å². The van der Waals surface area contributed by atoms with Crippen LogP contribution in [0.2, 0.25) is 5.02 Å². The highest BCUT2D eigenvalue weighted by atomic mass is 35.5. The summed E-state index contributed by atoms with van der Waals surface area (Å²) in [5.41, 5.74) is 2.24.